The molecule has 164 valence electrons. The van der Waals surface area contributed by atoms with Crippen LogP contribution in [0.2, 0.25) is 0 Å². The van der Waals surface area contributed by atoms with Crippen molar-refractivity contribution in [3.8, 4) is 5.75 Å². The van der Waals surface area contributed by atoms with Crippen molar-refractivity contribution in [1.29, 1.82) is 0 Å². The maximum atomic E-state index is 13.0. The summed E-state index contributed by atoms with van der Waals surface area (Å²) in [6.45, 7) is 6.01. The average molecular weight is 421 g/mol. The Morgan fingerprint density at radius 3 is 2.29 bits per heavy atom. The van der Waals surface area contributed by atoms with Crippen LogP contribution in [0, 0.1) is 0 Å². The van der Waals surface area contributed by atoms with E-state index in [-0.39, 0.29) is 22.8 Å². The average Bonchev–Trinajstić information content (AvgIpc) is 3.17. The van der Waals surface area contributed by atoms with E-state index in [0.717, 1.165) is 36.8 Å². The van der Waals surface area contributed by atoms with Gasteiger partial charge in [0.1, 0.15) is 18.1 Å². The Morgan fingerprint density at radius 2 is 1.65 bits per heavy atom. The number of hydrogen-bond acceptors (Lipinski definition) is 4. The molecule has 0 aromatic heterocycles. The summed E-state index contributed by atoms with van der Waals surface area (Å²) in [6.07, 6.45) is 4.57. The fourth-order valence-corrected chi connectivity index (χ4v) is 4.44. The first-order chi connectivity index (χ1) is 14.9. The molecule has 4 heteroatoms. The molecular weight excluding hydrogens is 388 g/mol. The molecule has 1 aliphatic rings. The third-order valence-corrected chi connectivity index (χ3v) is 6.37. The van der Waals surface area contributed by atoms with Gasteiger partial charge in [0, 0.05) is 30.4 Å². The number of unbranched alkanes of at least 4 members (excludes halogenated alkanes) is 2. The Kier molecular flexibility index (Phi) is 7.42. The highest BCUT2D eigenvalue weighted by Crippen LogP contribution is 2.48. The van der Waals surface area contributed by atoms with Crippen LogP contribution in [0.3, 0.4) is 0 Å². The molecule has 0 saturated heterocycles. The number of carbonyl (C=O) groups is 3. The van der Waals surface area contributed by atoms with Gasteiger partial charge >= 0.3 is 0 Å². The molecule has 0 aliphatic carbocycles. The SMILES string of the molecule is CCC(=O)c1cc(C(=O)CCCCCC(C)=O)cc2c1OCC2(CC)c1ccccc1. The number of Topliss-reactive ketones (excluding diaryl/α,β-unsaturated/α-hetero) is 3. The number of rotatable bonds is 11. The predicted octanol–water partition coefficient (Wildman–Crippen LogP) is 6.09. The van der Waals surface area contributed by atoms with Gasteiger partial charge in [-0.2, -0.15) is 0 Å². The highest BCUT2D eigenvalue weighted by molar-refractivity contribution is 6.04. The van der Waals surface area contributed by atoms with Crippen LogP contribution in [0.4, 0.5) is 0 Å². The van der Waals surface area contributed by atoms with Gasteiger partial charge in [0.25, 0.3) is 0 Å². The number of hydrogen-bond donors (Lipinski definition) is 0. The lowest BCUT2D eigenvalue weighted by Crippen LogP contribution is -2.28. The quantitative estimate of drug-likeness (QED) is 0.326. The molecule has 31 heavy (non-hydrogen) atoms. The van der Waals surface area contributed by atoms with Gasteiger partial charge in [-0.15, -0.1) is 0 Å². The van der Waals surface area contributed by atoms with Gasteiger partial charge in [0.05, 0.1) is 11.0 Å². The molecule has 1 heterocycles. The number of benzene rings is 2. The third-order valence-electron chi connectivity index (χ3n) is 6.37. The fourth-order valence-electron chi connectivity index (χ4n) is 4.44. The number of fused-ring (bicyclic) bond motifs is 1. The highest BCUT2D eigenvalue weighted by Gasteiger charge is 2.43. The maximum Gasteiger partial charge on any atom is 0.166 e. The lowest BCUT2D eigenvalue weighted by atomic mass is 9.73. The zero-order valence-electron chi connectivity index (χ0n) is 18.8. The zero-order chi connectivity index (χ0) is 22.4. The molecule has 2 aromatic carbocycles. The van der Waals surface area contributed by atoms with E-state index < -0.39 is 0 Å². The van der Waals surface area contributed by atoms with Crippen molar-refractivity contribution in [2.45, 2.75) is 71.1 Å². The summed E-state index contributed by atoms with van der Waals surface area (Å²) >= 11 is 0. The van der Waals surface area contributed by atoms with Crippen LogP contribution in [0.15, 0.2) is 42.5 Å². The first kappa shape index (κ1) is 22.9. The highest BCUT2D eigenvalue weighted by atomic mass is 16.5. The van der Waals surface area contributed by atoms with Crippen LogP contribution < -0.4 is 4.74 Å². The van der Waals surface area contributed by atoms with Crippen LogP contribution in [0.5, 0.6) is 5.75 Å². The van der Waals surface area contributed by atoms with E-state index in [2.05, 4.69) is 19.1 Å². The van der Waals surface area contributed by atoms with E-state index in [9.17, 15) is 14.4 Å². The van der Waals surface area contributed by atoms with E-state index in [1.165, 1.54) is 0 Å². The number of ketones is 3. The molecule has 0 bridgehead atoms. The molecule has 3 rings (SSSR count). The summed E-state index contributed by atoms with van der Waals surface area (Å²) in [5, 5.41) is 0. The Bertz CT molecular complexity index is 961. The lowest BCUT2D eigenvalue weighted by molar-refractivity contribution is -0.117. The molecule has 0 fully saturated rings. The summed E-state index contributed by atoms with van der Waals surface area (Å²) in [5.74, 6) is 0.855. The molecule has 1 atom stereocenters. The molecule has 1 aliphatic heterocycles. The van der Waals surface area contributed by atoms with Gasteiger partial charge in [-0.05, 0) is 43.9 Å². The van der Waals surface area contributed by atoms with Crippen molar-refractivity contribution in [3.63, 3.8) is 0 Å². The molecular formula is C27H32O4. The molecule has 0 N–H and O–H groups in total. The zero-order valence-corrected chi connectivity index (χ0v) is 18.8. The van der Waals surface area contributed by atoms with Crippen molar-refractivity contribution in [1.82, 2.24) is 0 Å². The molecule has 4 nitrogen and oxygen atoms in total. The first-order valence-corrected chi connectivity index (χ1v) is 11.4. The van der Waals surface area contributed by atoms with Crippen molar-refractivity contribution in [3.05, 3.63) is 64.7 Å². The summed E-state index contributed by atoms with van der Waals surface area (Å²) in [6, 6.07) is 13.9. The van der Waals surface area contributed by atoms with E-state index in [0.29, 0.717) is 42.7 Å². The van der Waals surface area contributed by atoms with E-state index in [1.54, 1.807) is 13.0 Å². The normalized spacial score (nSPS) is 17.1. The van der Waals surface area contributed by atoms with Gasteiger partial charge in [0.15, 0.2) is 11.6 Å². The summed E-state index contributed by atoms with van der Waals surface area (Å²) in [5.41, 5.74) is 2.82. The first-order valence-electron chi connectivity index (χ1n) is 11.4. The minimum absolute atomic E-state index is 0.00711. The van der Waals surface area contributed by atoms with Crippen molar-refractivity contribution in [2.24, 2.45) is 0 Å². The Labute approximate surface area is 185 Å². The van der Waals surface area contributed by atoms with Crippen LogP contribution in [0.25, 0.3) is 0 Å². The van der Waals surface area contributed by atoms with Crippen LogP contribution in [-0.2, 0) is 10.2 Å². The second-order valence-electron chi connectivity index (χ2n) is 8.45. The topological polar surface area (TPSA) is 60.4 Å². The van der Waals surface area contributed by atoms with E-state index >= 15 is 0 Å². The molecule has 1 unspecified atom stereocenters. The molecule has 0 amide bonds. The van der Waals surface area contributed by atoms with Crippen LogP contribution in [0.1, 0.15) is 97.6 Å². The van der Waals surface area contributed by atoms with Crippen molar-refractivity contribution < 1.29 is 19.1 Å². The molecule has 0 spiro atoms. The number of ether oxygens (including phenoxy) is 1. The third kappa shape index (κ3) is 4.79. The molecule has 2 aromatic rings. The predicted molar refractivity (Wildman–Crippen MR) is 122 cm³/mol. The summed E-state index contributed by atoms with van der Waals surface area (Å²) in [4.78, 5) is 36.8. The fraction of sp³-hybridized carbons (Fsp3) is 0.444. The smallest absolute Gasteiger partial charge is 0.166 e. The lowest BCUT2D eigenvalue weighted by Gasteiger charge is -2.27. The second kappa shape index (κ2) is 10.0. The minimum Gasteiger partial charge on any atom is -0.491 e. The van der Waals surface area contributed by atoms with Crippen LogP contribution in [-0.4, -0.2) is 24.0 Å². The monoisotopic (exact) mass is 420 g/mol. The van der Waals surface area contributed by atoms with Gasteiger partial charge in [-0.25, -0.2) is 0 Å². The minimum atomic E-state index is -0.364. The van der Waals surface area contributed by atoms with Gasteiger partial charge < -0.3 is 9.53 Å². The standard InChI is InChI=1S/C27H32O4/c1-4-24(29)22-16-20(25(30)15-11-6-8-12-19(3)28)17-23-26(22)31-18-27(23,5-2)21-13-9-7-10-14-21/h7,9-10,13-14,16-17H,4-6,8,11-12,15,18H2,1-3H3. The van der Waals surface area contributed by atoms with E-state index in [1.807, 2.05) is 31.2 Å². The molecule has 0 saturated carbocycles. The Morgan fingerprint density at radius 1 is 0.935 bits per heavy atom. The second-order valence-corrected chi connectivity index (χ2v) is 8.45. The maximum absolute atomic E-state index is 13.0. The van der Waals surface area contributed by atoms with Gasteiger partial charge in [-0.3, -0.25) is 9.59 Å². The van der Waals surface area contributed by atoms with Crippen molar-refractivity contribution >= 4 is 17.3 Å². The van der Waals surface area contributed by atoms with Gasteiger partial charge in [0.2, 0.25) is 0 Å². The summed E-state index contributed by atoms with van der Waals surface area (Å²) in [7, 11) is 0. The Hall–Kier alpha value is -2.75. The summed E-state index contributed by atoms with van der Waals surface area (Å²) < 4.78 is 6.12. The van der Waals surface area contributed by atoms with Gasteiger partial charge in [-0.1, -0.05) is 50.6 Å². The molecule has 0 radical (unpaired) electrons. The Balaban J connectivity index is 1.95. The number of carbonyl (C=O) groups excluding carboxylic acids is 3. The van der Waals surface area contributed by atoms with Crippen molar-refractivity contribution in [2.75, 3.05) is 6.61 Å². The van der Waals surface area contributed by atoms with Crippen LogP contribution >= 0.6 is 0 Å². The largest absolute Gasteiger partial charge is 0.491 e. The van der Waals surface area contributed by atoms with E-state index in [4.69, 9.17) is 4.74 Å².